The zero-order chi connectivity index (χ0) is 23.8. The number of rotatable bonds is 6. The summed E-state index contributed by atoms with van der Waals surface area (Å²) < 4.78 is 0.995. The van der Waals surface area contributed by atoms with Crippen molar-refractivity contribution in [1.82, 2.24) is 9.80 Å². The van der Waals surface area contributed by atoms with E-state index in [1.165, 1.54) is 21.9 Å². The first kappa shape index (κ1) is 25.2. The highest BCUT2D eigenvalue weighted by Gasteiger charge is 2.33. The lowest BCUT2D eigenvalue weighted by molar-refractivity contribution is -0.140. The minimum atomic E-state index is -0.250. The van der Waals surface area contributed by atoms with Gasteiger partial charge in [-0.2, -0.15) is 0 Å². The molecule has 3 aromatic carbocycles. The summed E-state index contributed by atoms with van der Waals surface area (Å²) in [6, 6.07) is 20.9. The van der Waals surface area contributed by atoms with Crippen molar-refractivity contribution in [3.63, 3.8) is 0 Å². The first-order chi connectivity index (χ1) is 16.0. The Bertz CT molecular complexity index is 1110. The van der Waals surface area contributed by atoms with E-state index in [1.54, 1.807) is 0 Å². The number of carboxylic acid groups (broad SMARTS) is 1. The van der Waals surface area contributed by atoms with Gasteiger partial charge < -0.3 is 10.0 Å². The van der Waals surface area contributed by atoms with Crippen LogP contribution in [0.3, 0.4) is 0 Å². The Morgan fingerprint density at radius 1 is 1.09 bits per heavy atom. The van der Waals surface area contributed by atoms with Gasteiger partial charge in [-0.3, -0.25) is 14.5 Å². The van der Waals surface area contributed by atoms with Crippen LogP contribution in [0.15, 0.2) is 65.1 Å². The highest BCUT2D eigenvalue weighted by Crippen LogP contribution is 2.30. The molecule has 0 saturated carbocycles. The lowest BCUT2D eigenvalue weighted by atomic mass is 9.97. The summed E-state index contributed by atoms with van der Waals surface area (Å²) in [5.74, 6) is 0.206. The van der Waals surface area contributed by atoms with Gasteiger partial charge in [-0.15, -0.1) is 0 Å². The number of hydrogen-bond acceptors (Lipinski definition) is 3. The molecule has 0 spiro atoms. The number of fused-ring (bicyclic) bond motifs is 1. The van der Waals surface area contributed by atoms with Gasteiger partial charge in [0.15, 0.2) is 0 Å². The van der Waals surface area contributed by atoms with Crippen LogP contribution in [0.4, 0.5) is 0 Å². The van der Waals surface area contributed by atoms with E-state index in [9.17, 15) is 4.79 Å². The third kappa shape index (κ3) is 6.56. The van der Waals surface area contributed by atoms with E-state index >= 15 is 0 Å². The Morgan fingerprint density at radius 3 is 2.52 bits per heavy atom. The number of piperazine rings is 1. The van der Waals surface area contributed by atoms with Crippen molar-refractivity contribution in [3.8, 4) is 0 Å². The number of hydrogen-bond donors (Lipinski definition) is 1. The van der Waals surface area contributed by atoms with Crippen molar-refractivity contribution in [2.45, 2.75) is 25.8 Å². The maximum absolute atomic E-state index is 13.1. The van der Waals surface area contributed by atoms with Crippen molar-refractivity contribution in [1.29, 1.82) is 0 Å². The van der Waals surface area contributed by atoms with E-state index in [2.05, 4.69) is 75.1 Å². The zero-order valence-corrected chi connectivity index (χ0v) is 20.9. The van der Waals surface area contributed by atoms with Crippen LogP contribution in [-0.2, 0) is 16.0 Å². The minimum Gasteiger partial charge on any atom is -0.483 e. The molecule has 1 atom stereocenters. The van der Waals surface area contributed by atoms with Gasteiger partial charge in [0.05, 0.1) is 12.6 Å². The molecule has 1 heterocycles. The first-order valence-corrected chi connectivity index (χ1v) is 12.2. The van der Waals surface area contributed by atoms with Crippen LogP contribution in [0.1, 0.15) is 30.5 Å². The van der Waals surface area contributed by atoms with E-state index in [0.717, 1.165) is 30.4 Å². The molecule has 1 aliphatic heterocycles. The van der Waals surface area contributed by atoms with Crippen LogP contribution in [0.2, 0.25) is 5.02 Å². The van der Waals surface area contributed by atoms with Gasteiger partial charge in [0.1, 0.15) is 0 Å². The molecule has 1 fully saturated rings. The van der Waals surface area contributed by atoms with Crippen molar-refractivity contribution in [2.75, 3.05) is 26.2 Å². The summed E-state index contributed by atoms with van der Waals surface area (Å²) in [6.45, 7) is 4.93. The average molecular weight is 532 g/mol. The van der Waals surface area contributed by atoms with Crippen LogP contribution in [0.25, 0.3) is 10.8 Å². The van der Waals surface area contributed by atoms with Gasteiger partial charge in [0.2, 0.25) is 5.91 Å². The summed E-state index contributed by atoms with van der Waals surface area (Å²) in [6.07, 6.45) is 1.84. The maximum Gasteiger partial charge on any atom is 0.290 e. The topological polar surface area (TPSA) is 60.9 Å². The van der Waals surface area contributed by atoms with Crippen molar-refractivity contribution < 1.29 is 14.7 Å². The Kier molecular flexibility index (Phi) is 9.30. The fraction of sp³-hybridized carbons (Fsp3) is 0.308. The normalized spacial score (nSPS) is 16.4. The predicted octanol–water partition coefficient (Wildman–Crippen LogP) is 5.79. The molecule has 7 heteroatoms. The number of halogens is 2. The molecular weight excluding hydrogens is 504 g/mol. The Hall–Kier alpha value is -2.41. The molecule has 5 nitrogen and oxygen atoms in total. The smallest absolute Gasteiger partial charge is 0.290 e. The lowest BCUT2D eigenvalue weighted by Gasteiger charge is -2.41. The summed E-state index contributed by atoms with van der Waals surface area (Å²) in [7, 11) is 0. The molecule has 0 aliphatic carbocycles. The van der Waals surface area contributed by atoms with Gasteiger partial charge in [0, 0.05) is 22.6 Å². The molecule has 1 N–H and O–H groups in total. The second kappa shape index (κ2) is 12.2. The van der Waals surface area contributed by atoms with Crippen molar-refractivity contribution in [2.24, 2.45) is 0 Å². The molecule has 0 aromatic heterocycles. The predicted molar refractivity (Wildman–Crippen MR) is 137 cm³/mol. The second-order valence-electron chi connectivity index (χ2n) is 8.04. The van der Waals surface area contributed by atoms with E-state index in [-0.39, 0.29) is 18.4 Å². The van der Waals surface area contributed by atoms with Crippen LogP contribution < -0.4 is 0 Å². The maximum atomic E-state index is 13.1. The van der Waals surface area contributed by atoms with E-state index in [0.29, 0.717) is 18.1 Å². The third-order valence-corrected chi connectivity index (χ3v) is 6.80. The van der Waals surface area contributed by atoms with E-state index in [1.807, 2.05) is 18.2 Å². The SMILES string of the molecule is CCCN1CC(=O)N(CCc2ccc(Cl)cc2Br)C(c2ccc3ccccc3c2)C1.O=CO. The molecule has 1 saturated heterocycles. The second-order valence-corrected chi connectivity index (χ2v) is 9.33. The fourth-order valence-corrected chi connectivity index (χ4v) is 5.18. The standard InChI is InChI=1S/C25H26BrClN2O.CH2O2/c1-2-12-28-16-24(21-8-7-18-5-3-4-6-20(18)14-21)29(25(30)17-28)13-11-19-9-10-22(27)15-23(19)26;2-1-3/h3-10,14-15,24H,2,11-13,16-17H2,1H3;1H,(H,2,3). The first-order valence-electron chi connectivity index (χ1n) is 11.0. The Balaban J connectivity index is 0.000000968. The quantitative estimate of drug-likeness (QED) is 0.409. The van der Waals surface area contributed by atoms with Gasteiger partial charge in [-0.25, -0.2) is 0 Å². The summed E-state index contributed by atoms with van der Waals surface area (Å²) >= 11 is 9.69. The van der Waals surface area contributed by atoms with Gasteiger partial charge in [-0.1, -0.05) is 76.9 Å². The van der Waals surface area contributed by atoms with E-state index < -0.39 is 0 Å². The number of carbonyl (C=O) groups excluding carboxylic acids is 1. The number of carbonyl (C=O) groups is 2. The number of nitrogens with zero attached hydrogens (tertiary/aromatic N) is 2. The van der Waals surface area contributed by atoms with Crippen LogP contribution in [0.5, 0.6) is 0 Å². The molecule has 0 bridgehead atoms. The van der Waals surface area contributed by atoms with Gasteiger partial charge >= 0.3 is 0 Å². The largest absolute Gasteiger partial charge is 0.483 e. The molecule has 1 amide bonds. The lowest BCUT2D eigenvalue weighted by Crippen LogP contribution is -2.52. The molecule has 33 heavy (non-hydrogen) atoms. The summed E-state index contributed by atoms with van der Waals surface area (Å²) in [4.78, 5) is 25.9. The molecule has 4 rings (SSSR count). The van der Waals surface area contributed by atoms with Gasteiger partial charge in [0.25, 0.3) is 6.47 Å². The van der Waals surface area contributed by atoms with Crippen LogP contribution >= 0.6 is 27.5 Å². The van der Waals surface area contributed by atoms with Crippen LogP contribution in [0, 0.1) is 0 Å². The number of benzene rings is 3. The van der Waals surface area contributed by atoms with Gasteiger partial charge in [-0.05, 0) is 59.5 Å². The highest BCUT2D eigenvalue weighted by atomic mass is 79.9. The zero-order valence-electron chi connectivity index (χ0n) is 18.6. The molecule has 1 aliphatic rings. The monoisotopic (exact) mass is 530 g/mol. The van der Waals surface area contributed by atoms with E-state index in [4.69, 9.17) is 21.5 Å². The van der Waals surface area contributed by atoms with Crippen LogP contribution in [-0.4, -0.2) is 53.5 Å². The molecule has 0 radical (unpaired) electrons. The number of amides is 1. The molecule has 1 unspecified atom stereocenters. The Morgan fingerprint density at radius 2 is 1.82 bits per heavy atom. The molecular formula is C26H28BrClN2O3. The summed E-state index contributed by atoms with van der Waals surface area (Å²) in [5.41, 5.74) is 2.37. The third-order valence-electron chi connectivity index (χ3n) is 5.82. The minimum absolute atomic E-state index is 0.0634. The fourth-order valence-electron chi connectivity index (χ4n) is 4.30. The average Bonchev–Trinajstić information content (AvgIpc) is 2.79. The van der Waals surface area contributed by atoms with Crippen molar-refractivity contribution in [3.05, 3.63) is 81.3 Å². The molecule has 174 valence electrons. The van der Waals surface area contributed by atoms with Crippen molar-refractivity contribution >= 4 is 50.7 Å². The molecule has 3 aromatic rings. The highest BCUT2D eigenvalue weighted by molar-refractivity contribution is 9.10. The Labute approximate surface area is 208 Å². The summed E-state index contributed by atoms with van der Waals surface area (Å²) in [5, 5.41) is 10.0.